The lowest BCUT2D eigenvalue weighted by atomic mass is 9.97. The van der Waals surface area contributed by atoms with Crippen LogP contribution in [0.2, 0.25) is 0 Å². The van der Waals surface area contributed by atoms with Gasteiger partial charge >= 0.3 is 0 Å². The topological polar surface area (TPSA) is 44.8 Å². The summed E-state index contributed by atoms with van der Waals surface area (Å²) >= 11 is 0. The van der Waals surface area contributed by atoms with Crippen LogP contribution in [0, 0.1) is 0 Å². The molecule has 0 aromatic heterocycles. The Bertz CT molecular complexity index is 758. The zero-order valence-electron chi connectivity index (χ0n) is 17.6. The van der Waals surface area contributed by atoms with E-state index in [2.05, 4.69) is 46.3 Å². The molecule has 1 amide bonds. The molecular formula is C24H33N3O2. The number of hydrogen-bond donors (Lipinski definition) is 1. The largest absolute Gasteiger partial charge is 0.495 e. The van der Waals surface area contributed by atoms with Gasteiger partial charge in [0.05, 0.1) is 18.7 Å². The van der Waals surface area contributed by atoms with Crippen LogP contribution in [0.1, 0.15) is 31.2 Å². The molecule has 0 bridgehead atoms. The molecule has 29 heavy (non-hydrogen) atoms. The van der Waals surface area contributed by atoms with Crippen LogP contribution in [-0.4, -0.2) is 57.2 Å². The SMILES string of the molecule is CCCCNC(=O)C(CN1CCN(c2ccccc2OC)CC1)c1ccccc1. The van der Waals surface area contributed by atoms with Crippen molar-refractivity contribution in [1.29, 1.82) is 0 Å². The first-order valence-corrected chi connectivity index (χ1v) is 10.7. The van der Waals surface area contributed by atoms with Crippen LogP contribution in [0.3, 0.4) is 0 Å². The van der Waals surface area contributed by atoms with Gasteiger partial charge in [-0.25, -0.2) is 0 Å². The van der Waals surface area contributed by atoms with E-state index in [1.807, 2.05) is 30.3 Å². The molecule has 1 heterocycles. The van der Waals surface area contributed by atoms with Crippen molar-refractivity contribution in [3.05, 3.63) is 60.2 Å². The molecule has 0 aliphatic carbocycles. The monoisotopic (exact) mass is 395 g/mol. The van der Waals surface area contributed by atoms with Crippen LogP contribution in [-0.2, 0) is 4.79 Å². The number of methoxy groups -OCH3 is 1. The zero-order valence-corrected chi connectivity index (χ0v) is 17.6. The Labute approximate surface area is 174 Å². The number of carbonyl (C=O) groups excluding carboxylic acids is 1. The lowest BCUT2D eigenvalue weighted by molar-refractivity contribution is -0.123. The summed E-state index contributed by atoms with van der Waals surface area (Å²) in [5.41, 5.74) is 2.24. The van der Waals surface area contributed by atoms with Gasteiger partial charge in [-0.1, -0.05) is 55.8 Å². The van der Waals surface area contributed by atoms with E-state index in [4.69, 9.17) is 4.74 Å². The number of anilines is 1. The minimum absolute atomic E-state index is 0.133. The van der Waals surface area contributed by atoms with Gasteiger partial charge in [0, 0.05) is 39.3 Å². The Kier molecular flexibility index (Phi) is 7.94. The van der Waals surface area contributed by atoms with Crippen LogP contribution in [0.25, 0.3) is 0 Å². The van der Waals surface area contributed by atoms with Crippen molar-refractivity contribution < 1.29 is 9.53 Å². The highest BCUT2D eigenvalue weighted by atomic mass is 16.5. The fraction of sp³-hybridized carbons (Fsp3) is 0.458. The Hall–Kier alpha value is -2.53. The highest BCUT2D eigenvalue weighted by Crippen LogP contribution is 2.28. The standard InChI is InChI=1S/C24H33N3O2/c1-3-4-14-25-24(28)21(20-10-6-5-7-11-20)19-26-15-17-27(18-16-26)22-12-8-9-13-23(22)29-2/h5-13,21H,3-4,14-19H2,1-2H3,(H,25,28). The molecule has 0 saturated carbocycles. The highest BCUT2D eigenvalue weighted by Gasteiger charge is 2.26. The second-order valence-electron chi connectivity index (χ2n) is 7.57. The second kappa shape index (κ2) is 10.9. The minimum atomic E-state index is -0.133. The van der Waals surface area contributed by atoms with Gasteiger partial charge in [-0.15, -0.1) is 0 Å². The number of nitrogens with one attached hydrogen (secondary N) is 1. The van der Waals surface area contributed by atoms with Crippen molar-refractivity contribution in [3.63, 3.8) is 0 Å². The van der Waals surface area contributed by atoms with Gasteiger partial charge in [-0.2, -0.15) is 0 Å². The maximum atomic E-state index is 12.9. The summed E-state index contributed by atoms with van der Waals surface area (Å²) in [4.78, 5) is 17.7. The van der Waals surface area contributed by atoms with Gasteiger partial charge in [0.15, 0.2) is 0 Å². The summed E-state index contributed by atoms with van der Waals surface area (Å²) in [5.74, 6) is 0.918. The van der Waals surface area contributed by atoms with E-state index in [-0.39, 0.29) is 11.8 Å². The number of carbonyl (C=O) groups is 1. The van der Waals surface area contributed by atoms with Crippen molar-refractivity contribution >= 4 is 11.6 Å². The average molecular weight is 396 g/mol. The molecule has 2 aromatic carbocycles. The maximum absolute atomic E-state index is 12.9. The third kappa shape index (κ3) is 5.73. The molecule has 5 heteroatoms. The van der Waals surface area contributed by atoms with Gasteiger partial charge in [0.2, 0.25) is 5.91 Å². The summed E-state index contributed by atoms with van der Waals surface area (Å²) in [7, 11) is 1.72. The van der Waals surface area contributed by atoms with E-state index in [0.29, 0.717) is 0 Å². The van der Waals surface area contributed by atoms with Crippen molar-refractivity contribution in [3.8, 4) is 5.75 Å². The molecule has 156 valence electrons. The summed E-state index contributed by atoms with van der Waals surface area (Å²) in [6.07, 6.45) is 2.10. The van der Waals surface area contributed by atoms with Gasteiger partial charge in [-0.05, 0) is 24.1 Å². The lowest BCUT2D eigenvalue weighted by Crippen LogP contribution is -2.49. The molecule has 3 rings (SSSR count). The quantitative estimate of drug-likeness (QED) is 0.660. The van der Waals surface area contributed by atoms with Gasteiger partial charge < -0.3 is 15.0 Å². The zero-order chi connectivity index (χ0) is 20.5. The Morgan fingerprint density at radius 2 is 1.72 bits per heavy atom. The van der Waals surface area contributed by atoms with Crippen LogP contribution in [0.4, 0.5) is 5.69 Å². The Morgan fingerprint density at radius 3 is 2.41 bits per heavy atom. The average Bonchev–Trinajstić information content (AvgIpc) is 2.78. The van der Waals surface area contributed by atoms with E-state index >= 15 is 0 Å². The van der Waals surface area contributed by atoms with E-state index in [0.717, 1.165) is 69.1 Å². The Balaban J connectivity index is 1.62. The second-order valence-corrected chi connectivity index (χ2v) is 7.57. The molecule has 2 aromatic rings. The van der Waals surface area contributed by atoms with E-state index in [1.54, 1.807) is 7.11 Å². The van der Waals surface area contributed by atoms with Gasteiger partial charge in [0.25, 0.3) is 0 Å². The molecule has 1 aliphatic rings. The lowest BCUT2D eigenvalue weighted by Gasteiger charge is -2.38. The molecule has 0 spiro atoms. The Morgan fingerprint density at radius 1 is 1.03 bits per heavy atom. The molecular weight excluding hydrogens is 362 g/mol. The van der Waals surface area contributed by atoms with E-state index in [1.165, 1.54) is 0 Å². The van der Waals surface area contributed by atoms with Gasteiger partial charge in [-0.3, -0.25) is 9.69 Å². The number of hydrogen-bond acceptors (Lipinski definition) is 4. The number of benzene rings is 2. The number of piperazine rings is 1. The number of unbranched alkanes of at least 4 members (excludes halogenated alkanes) is 1. The number of para-hydroxylation sites is 2. The van der Waals surface area contributed by atoms with Crippen molar-refractivity contribution in [2.75, 3.05) is 51.3 Å². The van der Waals surface area contributed by atoms with Crippen molar-refractivity contribution in [1.82, 2.24) is 10.2 Å². The number of ether oxygens (including phenoxy) is 1. The van der Waals surface area contributed by atoms with E-state index < -0.39 is 0 Å². The first-order valence-electron chi connectivity index (χ1n) is 10.7. The van der Waals surface area contributed by atoms with Crippen LogP contribution in [0.15, 0.2) is 54.6 Å². The molecule has 1 saturated heterocycles. The minimum Gasteiger partial charge on any atom is -0.495 e. The fourth-order valence-electron chi connectivity index (χ4n) is 3.86. The van der Waals surface area contributed by atoms with Gasteiger partial charge in [0.1, 0.15) is 5.75 Å². The van der Waals surface area contributed by atoms with Crippen molar-refractivity contribution in [2.45, 2.75) is 25.7 Å². The molecule has 5 nitrogen and oxygen atoms in total. The summed E-state index contributed by atoms with van der Waals surface area (Å²) in [5, 5.41) is 3.13. The third-order valence-corrected chi connectivity index (χ3v) is 5.59. The maximum Gasteiger partial charge on any atom is 0.228 e. The predicted octanol–water partition coefficient (Wildman–Crippen LogP) is 3.52. The normalized spacial score (nSPS) is 15.7. The van der Waals surface area contributed by atoms with Crippen LogP contribution in [0.5, 0.6) is 5.75 Å². The molecule has 0 radical (unpaired) electrons. The number of rotatable bonds is 9. The molecule has 1 atom stereocenters. The number of nitrogens with zero attached hydrogens (tertiary/aromatic N) is 2. The smallest absolute Gasteiger partial charge is 0.228 e. The summed E-state index contributed by atoms with van der Waals surface area (Å²) in [6, 6.07) is 18.3. The van der Waals surface area contributed by atoms with E-state index in [9.17, 15) is 4.79 Å². The molecule has 1 N–H and O–H groups in total. The summed E-state index contributed by atoms with van der Waals surface area (Å²) < 4.78 is 5.52. The molecule has 1 unspecified atom stereocenters. The first kappa shape index (κ1) is 21.2. The first-order chi connectivity index (χ1) is 14.2. The van der Waals surface area contributed by atoms with Crippen molar-refractivity contribution in [2.24, 2.45) is 0 Å². The predicted molar refractivity (Wildman–Crippen MR) is 119 cm³/mol. The molecule has 1 aliphatic heterocycles. The highest BCUT2D eigenvalue weighted by molar-refractivity contribution is 5.83. The van der Waals surface area contributed by atoms with Crippen LogP contribution >= 0.6 is 0 Å². The molecule has 1 fully saturated rings. The number of amides is 1. The fourth-order valence-corrected chi connectivity index (χ4v) is 3.86. The third-order valence-electron chi connectivity index (χ3n) is 5.59. The van der Waals surface area contributed by atoms with Crippen LogP contribution < -0.4 is 15.0 Å². The summed E-state index contributed by atoms with van der Waals surface area (Å²) in [6.45, 7) is 7.37.